The van der Waals surface area contributed by atoms with Crippen LogP contribution in [0.25, 0.3) is 22.5 Å². The molecule has 9 heteroatoms. The second-order valence-electron chi connectivity index (χ2n) is 13.8. The van der Waals surface area contributed by atoms with E-state index in [-0.39, 0.29) is 22.5 Å². The third-order valence-electron chi connectivity index (χ3n) is 7.06. The average Bonchev–Trinajstić information content (AvgIpc) is 2.98. The molecular formula is C38H46F2N6O. The first kappa shape index (κ1) is 36.6. The van der Waals surface area contributed by atoms with Crippen LogP contribution in [0.2, 0.25) is 0 Å². The van der Waals surface area contributed by atoms with Crippen LogP contribution >= 0.6 is 0 Å². The van der Waals surface area contributed by atoms with E-state index in [1.807, 2.05) is 24.3 Å². The third-order valence-corrected chi connectivity index (χ3v) is 7.06. The van der Waals surface area contributed by atoms with Gasteiger partial charge in [-0.3, -0.25) is 15.0 Å². The normalized spacial score (nSPS) is 11.6. The molecule has 7 nitrogen and oxygen atoms in total. The van der Waals surface area contributed by atoms with Crippen molar-refractivity contribution in [2.75, 3.05) is 17.2 Å². The van der Waals surface area contributed by atoms with Crippen LogP contribution in [0.15, 0.2) is 91.3 Å². The van der Waals surface area contributed by atoms with E-state index in [4.69, 9.17) is 17.2 Å². The summed E-state index contributed by atoms with van der Waals surface area (Å²) in [6, 6.07) is 21.5. The van der Waals surface area contributed by atoms with Crippen LogP contribution in [0, 0.1) is 11.6 Å². The second kappa shape index (κ2) is 14.7. The van der Waals surface area contributed by atoms with E-state index in [0.717, 1.165) is 33.9 Å². The van der Waals surface area contributed by atoms with Crippen molar-refractivity contribution in [1.82, 2.24) is 15.0 Å². The van der Waals surface area contributed by atoms with Crippen LogP contribution in [-0.2, 0) is 16.4 Å². The van der Waals surface area contributed by atoms with Gasteiger partial charge in [0.05, 0.1) is 51.6 Å². The molecule has 0 saturated carbocycles. The summed E-state index contributed by atoms with van der Waals surface area (Å²) in [4.78, 5) is 13.0. The van der Waals surface area contributed by atoms with Crippen molar-refractivity contribution in [3.8, 4) is 22.5 Å². The SMILES string of the molecule is CC(C)(C)c1nc(-c2ccc(F)cc2)ccc1N.CC(C)(C)c1ncccc1N.CC(C)(O)c1cc(-c2ccc(F)cc2)ncc1N. The summed E-state index contributed by atoms with van der Waals surface area (Å²) in [5.74, 6) is -0.540. The number of nitrogens with two attached hydrogens (primary N) is 3. The highest BCUT2D eigenvalue weighted by Gasteiger charge is 2.21. The Bertz CT molecular complexity index is 1660. The maximum Gasteiger partial charge on any atom is 0.123 e. The van der Waals surface area contributed by atoms with Crippen molar-refractivity contribution < 1.29 is 13.9 Å². The highest BCUT2D eigenvalue weighted by Crippen LogP contribution is 2.30. The molecule has 0 aliphatic heterocycles. The molecule has 0 radical (unpaired) electrons. The molecule has 0 spiro atoms. The first-order valence-corrected chi connectivity index (χ1v) is 15.3. The zero-order valence-electron chi connectivity index (χ0n) is 28.4. The molecule has 2 aromatic carbocycles. The van der Waals surface area contributed by atoms with E-state index < -0.39 is 5.60 Å². The Labute approximate surface area is 276 Å². The quantitative estimate of drug-likeness (QED) is 0.155. The molecule has 0 bridgehead atoms. The fraction of sp³-hybridized carbons (Fsp3) is 0.289. The number of halogens is 2. The zero-order chi connectivity index (χ0) is 35.2. The molecule has 47 heavy (non-hydrogen) atoms. The minimum atomic E-state index is -1.04. The summed E-state index contributed by atoms with van der Waals surface area (Å²) in [5.41, 5.74) is 23.9. The van der Waals surface area contributed by atoms with Crippen LogP contribution in [0.5, 0.6) is 0 Å². The van der Waals surface area contributed by atoms with Crippen LogP contribution in [0.3, 0.4) is 0 Å². The molecule has 3 aromatic heterocycles. The predicted molar refractivity (Wildman–Crippen MR) is 189 cm³/mol. The number of nitrogens with zero attached hydrogens (tertiary/aromatic N) is 3. The number of hydrogen-bond donors (Lipinski definition) is 4. The first-order chi connectivity index (χ1) is 21.8. The van der Waals surface area contributed by atoms with E-state index in [1.165, 1.54) is 30.5 Å². The lowest BCUT2D eigenvalue weighted by Crippen LogP contribution is -2.18. The van der Waals surface area contributed by atoms with E-state index >= 15 is 0 Å². The Kier molecular flexibility index (Phi) is 11.4. The Balaban J connectivity index is 0.000000198. The fourth-order valence-electron chi connectivity index (χ4n) is 4.67. The Morgan fingerprint density at radius 3 is 1.51 bits per heavy atom. The number of benzene rings is 2. The minimum Gasteiger partial charge on any atom is -0.397 e. The Morgan fingerprint density at radius 1 is 0.574 bits per heavy atom. The van der Waals surface area contributed by atoms with E-state index in [2.05, 4.69) is 56.5 Å². The van der Waals surface area contributed by atoms with Crippen molar-refractivity contribution in [3.05, 3.63) is 120 Å². The smallest absolute Gasteiger partial charge is 0.123 e. The molecule has 5 aromatic rings. The van der Waals surface area contributed by atoms with Gasteiger partial charge in [-0.05, 0) is 92.7 Å². The van der Waals surface area contributed by atoms with Gasteiger partial charge in [-0.25, -0.2) is 8.78 Å². The number of anilines is 3. The largest absolute Gasteiger partial charge is 0.397 e. The van der Waals surface area contributed by atoms with Crippen molar-refractivity contribution in [2.24, 2.45) is 0 Å². The van der Waals surface area contributed by atoms with Crippen molar-refractivity contribution in [3.63, 3.8) is 0 Å². The number of aromatic nitrogens is 3. The van der Waals surface area contributed by atoms with Gasteiger partial charge >= 0.3 is 0 Å². The fourth-order valence-corrected chi connectivity index (χ4v) is 4.67. The van der Waals surface area contributed by atoms with Crippen LogP contribution in [0.1, 0.15) is 72.3 Å². The highest BCUT2D eigenvalue weighted by molar-refractivity contribution is 5.64. The molecule has 0 aliphatic carbocycles. The lowest BCUT2D eigenvalue weighted by atomic mass is 9.90. The average molecular weight is 641 g/mol. The van der Waals surface area contributed by atoms with Crippen molar-refractivity contribution in [1.29, 1.82) is 0 Å². The lowest BCUT2D eigenvalue weighted by molar-refractivity contribution is 0.0793. The molecule has 0 fully saturated rings. The van der Waals surface area contributed by atoms with Gasteiger partial charge in [-0.2, -0.15) is 0 Å². The zero-order valence-corrected chi connectivity index (χ0v) is 28.4. The standard InChI is InChI=1S/C15H17FN2.C14H15FN2O.C9H14N2/c1-15(2,3)14-12(17)8-9-13(18-14)10-4-6-11(16)7-5-10;1-14(2,18)11-7-13(17-8-12(11)16)9-3-5-10(15)6-4-9;1-9(2,3)8-7(10)5-4-6-11-8/h4-9H,17H2,1-3H3;3-8,18H,16H2,1-2H3;4-6H,10H2,1-3H3. The highest BCUT2D eigenvalue weighted by atomic mass is 19.1. The number of nitrogen functional groups attached to an aromatic ring is 3. The summed E-state index contributed by atoms with van der Waals surface area (Å²) >= 11 is 0. The molecule has 7 N–H and O–H groups in total. The molecule has 0 aliphatic rings. The summed E-state index contributed by atoms with van der Waals surface area (Å²) in [6.07, 6.45) is 3.28. The van der Waals surface area contributed by atoms with Gasteiger partial charge in [0.15, 0.2) is 0 Å². The first-order valence-electron chi connectivity index (χ1n) is 15.3. The van der Waals surface area contributed by atoms with Gasteiger partial charge in [-0.15, -0.1) is 0 Å². The van der Waals surface area contributed by atoms with Crippen molar-refractivity contribution >= 4 is 17.1 Å². The third kappa shape index (κ3) is 10.3. The maximum atomic E-state index is 12.9. The maximum absolute atomic E-state index is 12.9. The summed E-state index contributed by atoms with van der Waals surface area (Å²) < 4.78 is 25.7. The molecule has 0 saturated heterocycles. The number of rotatable bonds is 3. The number of pyridine rings is 3. The summed E-state index contributed by atoms with van der Waals surface area (Å²) in [6.45, 7) is 15.8. The van der Waals surface area contributed by atoms with Gasteiger partial charge < -0.3 is 22.3 Å². The monoisotopic (exact) mass is 640 g/mol. The van der Waals surface area contributed by atoms with Crippen molar-refractivity contribution in [2.45, 2.75) is 71.8 Å². The molecule has 0 unspecified atom stereocenters. The van der Waals surface area contributed by atoms with Crippen LogP contribution in [-0.4, -0.2) is 20.1 Å². The van der Waals surface area contributed by atoms with Crippen LogP contribution in [0.4, 0.5) is 25.8 Å². The van der Waals surface area contributed by atoms with E-state index in [1.54, 1.807) is 50.4 Å². The van der Waals surface area contributed by atoms with Gasteiger partial charge in [0.25, 0.3) is 0 Å². The summed E-state index contributed by atoms with van der Waals surface area (Å²) in [5, 5.41) is 10.0. The molecule has 248 valence electrons. The predicted octanol–water partition coefficient (Wildman–Crippen LogP) is 8.43. The van der Waals surface area contributed by atoms with E-state index in [0.29, 0.717) is 22.6 Å². The molecule has 0 amide bonds. The number of aliphatic hydroxyl groups is 1. The topological polar surface area (TPSA) is 137 Å². The molecular weight excluding hydrogens is 594 g/mol. The molecule has 5 rings (SSSR count). The minimum absolute atomic E-state index is 0.0470. The van der Waals surface area contributed by atoms with Gasteiger partial charge in [-0.1, -0.05) is 41.5 Å². The van der Waals surface area contributed by atoms with Gasteiger partial charge in [0, 0.05) is 33.7 Å². The van der Waals surface area contributed by atoms with E-state index in [9.17, 15) is 13.9 Å². The second-order valence-corrected chi connectivity index (χ2v) is 13.8. The Morgan fingerprint density at radius 2 is 1.06 bits per heavy atom. The van der Waals surface area contributed by atoms with Crippen LogP contribution < -0.4 is 17.2 Å². The Hall–Kier alpha value is -4.89. The van der Waals surface area contributed by atoms with Gasteiger partial charge in [0.2, 0.25) is 0 Å². The number of hydrogen-bond acceptors (Lipinski definition) is 7. The lowest BCUT2D eigenvalue weighted by Gasteiger charge is -2.20. The van der Waals surface area contributed by atoms with Gasteiger partial charge in [0.1, 0.15) is 11.6 Å². The molecule has 3 heterocycles. The summed E-state index contributed by atoms with van der Waals surface area (Å²) in [7, 11) is 0. The molecule has 0 atom stereocenters.